The first-order valence-electron chi connectivity index (χ1n) is 1.62. The maximum absolute atomic E-state index is 3.65. The molecule has 0 nitrogen and oxygen atoms in total. The normalized spacial score (nSPS) is 7.60. The van der Waals surface area contributed by atoms with Crippen molar-refractivity contribution in [2.45, 2.75) is 6.92 Å². The molecule has 0 radical (unpaired) electrons. The molecule has 0 rings (SSSR count). The summed E-state index contributed by atoms with van der Waals surface area (Å²) in [6, 6.07) is 0. The second-order valence-corrected chi connectivity index (χ2v) is 1.57. The molecule has 0 N–H and O–H groups in total. The minimum atomic E-state index is 1.03. The van der Waals surface area contributed by atoms with Gasteiger partial charge >= 0.3 is 0 Å². The molecule has 0 saturated carbocycles. The van der Waals surface area contributed by atoms with Crippen LogP contribution in [0, 0.1) is 0 Å². The summed E-state index contributed by atoms with van der Waals surface area (Å²) in [5.74, 6) is 0. The van der Waals surface area contributed by atoms with Crippen LogP contribution in [0.5, 0.6) is 0 Å². The molecule has 0 aromatic heterocycles. The lowest BCUT2D eigenvalue weighted by Gasteiger charge is -1.79. The van der Waals surface area contributed by atoms with Crippen LogP contribution in [0.15, 0.2) is 12.2 Å². The highest BCUT2D eigenvalue weighted by Gasteiger charge is 1.67. The first kappa shape index (κ1) is 5.17. The molecule has 0 amide bonds. The predicted molar refractivity (Wildman–Crippen MR) is 29.4 cm³/mol. The number of hydrogen-bond donors (Lipinski definition) is 0. The molecule has 0 aliphatic heterocycles. The summed E-state index contributed by atoms with van der Waals surface area (Å²) < 4.78 is 0. The Kier molecular flexibility index (Phi) is 2.49. The van der Waals surface area contributed by atoms with Gasteiger partial charge in [-0.2, -0.15) is 0 Å². The Morgan fingerprint density at radius 1 is 2.00 bits per heavy atom. The van der Waals surface area contributed by atoms with Crippen LogP contribution in [-0.4, -0.2) is 6.16 Å². The fourth-order valence-electron chi connectivity index (χ4n) is 0. The number of rotatable bonds is 1. The first-order valence-corrected chi connectivity index (χ1v) is 2.43. The van der Waals surface area contributed by atoms with Gasteiger partial charge in [-0.05, 0) is 13.1 Å². The predicted octanol–water partition coefficient (Wildman–Crippen LogP) is 1.44. The zero-order valence-electron chi connectivity index (χ0n) is 3.49. The Morgan fingerprint density at radius 2 is 2.20 bits per heavy atom. The molecule has 30 valence electrons. The summed E-state index contributed by atoms with van der Waals surface area (Å²) in [7, 11) is 2.59. The molecule has 0 spiro atoms. The molecule has 0 aromatic carbocycles. The highest BCUT2D eigenvalue weighted by Crippen LogP contribution is 1.90. The standard InChI is InChI=1S/C4H9P/c1-4(2)3-5/h1,3,5H2,2H3. The molecule has 0 aromatic rings. The summed E-state index contributed by atoms with van der Waals surface area (Å²) >= 11 is 0. The van der Waals surface area contributed by atoms with Crippen molar-refractivity contribution >= 4 is 9.24 Å². The Balaban J connectivity index is 2.85. The lowest BCUT2D eigenvalue weighted by Crippen LogP contribution is -1.64. The van der Waals surface area contributed by atoms with Gasteiger partial charge in [0.15, 0.2) is 0 Å². The third-order valence-electron chi connectivity index (χ3n) is 0.348. The van der Waals surface area contributed by atoms with E-state index in [9.17, 15) is 0 Å². The summed E-state index contributed by atoms with van der Waals surface area (Å²) in [5.41, 5.74) is 1.22. The molecule has 0 aliphatic carbocycles. The van der Waals surface area contributed by atoms with Gasteiger partial charge in [0.25, 0.3) is 0 Å². The van der Waals surface area contributed by atoms with E-state index < -0.39 is 0 Å². The van der Waals surface area contributed by atoms with Crippen LogP contribution in [0.3, 0.4) is 0 Å². The van der Waals surface area contributed by atoms with Crippen molar-refractivity contribution in [3.63, 3.8) is 0 Å². The fourth-order valence-corrected chi connectivity index (χ4v) is 0. The van der Waals surface area contributed by atoms with Crippen LogP contribution in [0.1, 0.15) is 6.92 Å². The van der Waals surface area contributed by atoms with Crippen LogP contribution in [0.25, 0.3) is 0 Å². The summed E-state index contributed by atoms with van der Waals surface area (Å²) in [5, 5.41) is 0. The molecule has 1 unspecified atom stereocenters. The fraction of sp³-hybridized carbons (Fsp3) is 0.500. The topological polar surface area (TPSA) is 0 Å². The molecule has 1 heteroatoms. The maximum Gasteiger partial charge on any atom is -0.0175 e. The Hall–Kier alpha value is 0.170. The van der Waals surface area contributed by atoms with Crippen molar-refractivity contribution in [2.75, 3.05) is 6.16 Å². The van der Waals surface area contributed by atoms with Gasteiger partial charge in [0.1, 0.15) is 0 Å². The van der Waals surface area contributed by atoms with Gasteiger partial charge in [-0.25, -0.2) is 0 Å². The van der Waals surface area contributed by atoms with Gasteiger partial charge in [-0.3, -0.25) is 0 Å². The SMILES string of the molecule is C=C(C)CP. The quantitative estimate of drug-likeness (QED) is 0.336. The summed E-state index contributed by atoms with van der Waals surface area (Å²) in [4.78, 5) is 0. The Morgan fingerprint density at radius 3 is 2.20 bits per heavy atom. The van der Waals surface area contributed by atoms with Gasteiger partial charge in [-0.15, -0.1) is 9.24 Å². The highest BCUT2D eigenvalue weighted by molar-refractivity contribution is 7.16. The monoisotopic (exact) mass is 88.0 g/mol. The molecule has 5 heavy (non-hydrogen) atoms. The van der Waals surface area contributed by atoms with Crippen LogP contribution in [-0.2, 0) is 0 Å². The van der Waals surface area contributed by atoms with E-state index in [2.05, 4.69) is 15.8 Å². The Bertz CT molecular complexity index is 38.9. The van der Waals surface area contributed by atoms with E-state index in [-0.39, 0.29) is 0 Å². The van der Waals surface area contributed by atoms with Crippen molar-refractivity contribution in [3.05, 3.63) is 12.2 Å². The Labute approximate surface area is 35.5 Å². The van der Waals surface area contributed by atoms with Crippen molar-refractivity contribution in [2.24, 2.45) is 0 Å². The lowest BCUT2D eigenvalue weighted by molar-refractivity contribution is 1.44. The molecule has 1 atom stereocenters. The molecular formula is C4H9P. The van der Waals surface area contributed by atoms with Gasteiger partial charge in [0, 0.05) is 0 Å². The number of hydrogen-bond acceptors (Lipinski definition) is 0. The molecule has 0 saturated heterocycles. The minimum Gasteiger partial charge on any atom is -0.133 e. The highest BCUT2D eigenvalue weighted by atomic mass is 31.0. The van der Waals surface area contributed by atoms with Gasteiger partial charge < -0.3 is 0 Å². The van der Waals surface area contributed by atoms with Crippen molar-refractivity contribution in [3.8, 4) is 0 Å². The smallest absolute Gasteiger partial charge is 0.0175 e. The van der Waals surface area contributed by atoms with E-state index in [0.29, 0.717) is 0 Å². The van der Waals surface area contributed by atoms with E-state index in [0.717, 1.165) is 6.16 Å². The molecule has 0 aliphatic rings. The third kappa shape index (κ3) is 4.17. The van der Waals surface area contributed by atoms with E-state index in [1.54, 1.807) is 0 Å². The van der Waals surface area contributed by atoms with Crippen LogP contribution < -0.4 is 0 Å². The van der Waals surface area contributed by atoms with E-state index in [1.807, 2.05) is 6.92 Å². The van der Waals surface area contributed by atoms with Gasteiger partial charge in [0.05, 0.1) is 0 Å². The lowest BCUT2D eigenvalue weighted by atomic mass is 10.4. The van der Waals surface area contributed by atoms with Gasteiger partial charge in [0.2, 0.25) is 0 Å². The van der Waals surface area contributed by atoms with Crippen LogP contribution in [0.4, 0.5) is 0 Å². The first-order chi connectivity index (χ1) is 2.27. The largest absolute Gasteiger partial charge is 0.133 e. The average Bonchev–Trinajstić information content (AvgIpc) is 1.38. The zero-order chi connectivity index (χ0) is 4.28. The average molecular weight is 88.1 g/mol. The van der Waals surface area contributed by atoms with Gasteiger partial charge in [-0.1, -0.05) is 12.2 Å². The van der Waals surface area contributed by atoms with E-state index >= 15 is 0 Å². The van der Waals surface area contributed by atoms with Crippen LogP contribution in [0.2, 0.25) is 0 Å². The number of allylic oxidation sites excluding steroid dienone is 1. The van der Waals surface area contributed by atoms with Crippen molar-refractivity contribution in [1.82, 2.24) is 0 Å². The summed E-state index contributed by atoms with van der Waals surface area (Å²) in [6.07, 6.45) is 1.03. The maximum atomic E-state index is 3.65. The molecule has 0 bridgehead atoms. The van der Waals surface area contributed by atoms with Crippen molar-refractivity contribution in [1.29, 1.82) is 0 Å². The van der Waals surface area contributed by atoms with Crippen molar-refractivity contribution < 1.29 is 0 Å². The minimum absolute atomic E-state index is 1.03. The molecular weight excluding hydrogens is 79.0 g/mol. The zero-order valence-corrected chi connectivity index (χ0v) is 4.65. The second kappa shape index (κ2) is 2.41. The second-order valence-electron chi connectivity index (χ2n) is 1.16. The van der Waals surface area contributed by atoms with E-state index in [4.69, 9.17) is 0 Å². The van der Waals surface area contributed by atoms with E-state index in [1.165, 1.54) is 5.57 Å². The molecule has 0 heterocycles. The molecule has 0 fully saturated rings. The third-order valence-corrected chi connectivity index (χ3v) is 1.05. The van der Waals surface area contributed by atoms with Crippen LogP contribution >= 0.6 is 9.24 Å². The summed E-state index contributed by atoms with van der Waals surface area (Å²) in [6.45, 7) is 5.66.